The van der Waals surface area contributed by atoms with Gasteiger partial charge in [-0.05, 0) is 123 Å². The molecule has 0 bridgehead atoms. The molecule has 73 heavy (non-hydrogen) atoms. The zero-order chi connectivity index (χ0) is 52.4. The second kappa shape index (κ2) is 21.7. The van der Waals surface area contributed by atoms with Crippen LogP contribution in [0.3, 0.4) is 0 Å². The number of hydrogen-bond donors (Lipinski definition) is 4. The number of hydrogen-bond acceptors (Lipinski definition) is 11. The number of nitrogens with zero attached hydrogens (tertiary/aromatic N) is 4. The highest BCUT2D eigenvalue weighted by Gasteiger charge is 2.48. The molecular formula is C51H52F6N6O7S3. The Morgan fingerprint density at radius 2 is 1.45 bits per heavy atom. The van der Waals surface area contributed by atoms with Gasteiger partial charge in [-0.15, -0.1) is 11.8 Å². The Hall–Kier alpha value is -6.20. The van der Waals surface area contributed by atoms with Gasteiger partial charge in [0.1, 0.15) is 16.5 Å². The lowest BCUT2D eigenvalue weighted by Crippen LogP contribution is -2.46. The summed E-state index contributed by atoms with van der Waals surface area (Å²) in [5, 5.41) is 23.2. The number of aromatic nitrogens is 1. The molecule has 2 aliphatic heterocycles. The smallest absolute Gasteiger partial charge is 0.478 e. The standard InChI is InChI=1S/C51H52F6N6O7S3/c1-32-45(50(65)66)47(49(60(32)2)33-8-10-34(52)11-9-33)46-41(53)17-19-43(48(46)54)63-28-26-62(27-29-63)37-14-12-35(13-15-37)59-73(69,70)40-16-18-42(44(30-40)72(67,68)51(55,56)57)58-36(31-71-39-6-4-3-5-7-39)20-23-61-24-21-38(64)22-25-61/h3-19,30,36,38,58-59,64H,20-29,31H2,1-2H3,(H,65,66)/t36-/m1/s1. The number of sulfone groups is 1. The summed E-state index contributed by atoms with van der Waals surface area (Å²) in [6.45, 7) is 4.35. The normalized spacial score (nSPS) is 15.6. The first-order valence-corrected chi connectivity index (χ1v) is 27.2. The third kappa shape index (κ3) is 11.6. The van der Waals surface area contributed by atoms with Gasteiger partial charge in [0.25, 0.3) is 19.9 Å². The minimum atomic E-state index is -6.07. The number of carboxylic acids is 1. The first-order valence-electron chi connectivity index (χ1n) is 23.2. The second-order valence-electron chi connectivity index (χ2n) is 17.9. The number of anilines is 4. The second-order valence-corrected chi connectivity index (χ2v) is 22.6. The average Bonchev–Trinajstić information content (AvgIpc) is 3.62. The Morgan fingerprint density at radius 3 is 2.08 bits per heavy atom. The highest BCUT2D eigenvalue weighted by atomic mass is 32.2. The molecule has 0 saturated carbocycles. The molecule has 2 fully saturated rings. The number of carboxylic acid groups (broad SMARTS) is 1. The topological polar surface area (TPSA) is 165 Å². The Labute approximate surface area is 423 Å². The van der Waals surface area contributed by atoms with Gasteiger partial charge in [0.15, 0.2) is 5.82 Å². The summed E-state index contributed by atoms with van der Waals surface area (Å²) < 4.78 is 147. The van der Waals surface area contributed by atoms with Crippen LogP contribution in [0.5, 0.6) is 0 Å². The molecule has 6 aromatic rings. The number of aliphatic hydroxyl groups is 1. The molecular weight excluding hydrogens is 1020 g/mol. The zero-order valence-electron chi connectivity index (χ0n) is 39.5. The van der Waals surface area contributed by atoms with Crippen LogP contribution in [0.1, 0.15) is 35.3 Å². The van der Waals surface area contributed by atoms with E-state index in [9.17, 15) is 49.4 Å². The zero-order valence-corrected chi connectivity index (χ0v) is 42.0. The van der Waals surface area contributed by atoms with E-state index in [1.807, 2.05) is 35.2 Å². The van der Waals surface area contributed by atoms with E-state index in [0.717, 1.165) is 23.1 Å². The first-order chi connectivity index (χ1) is 34.6. The van der Waals surface area contributed by atoms with Crippen molar-refractivity contribution in [1.82, 2.24) is 9.47 Å². The van der Waals surface area contributed by atoms with Crippen molar-refractivity contribution >= 4 is 60.3 Å². The van der Waals surface area contributed by atoms with Gasteiger partial charge >= 0.3 is 11.5 Å². The van der Waals surface area contributed by atoms with Gasteiger partial charge < -0.3 is 34.8 Å². The summed E-state index contributed by atoms with van der Waals surface area (Å²) in [4.78, 5) is 17.2. The number of sulfonamides is 1. The van der Waals surface area contributed by atoms with Gasteiger partial charge in [-0.1, -0.05) is 18.2 Å². The summed E-state index contributed by atoms with van der Waals surface area (Å²) in [5.74, 6) is -3.59. The van der Waals surface area contributed by atoms with Crippen LogP contribution in [-0.2, 0) is 26.9 Å². The van der Waals surface area contributed by atoms with E-state index < -0.39 is 82.0 Å². The van der Waals surface area contributed by atoms with Crippen LogP contribution >= 0.6 is 11.8 Å². The van der Waals surface area contributed by atoms with Gasteiger partial charge in [0.05, 0.1) is 39.2 Å². The van der Waals surface area contributed by atoms with Crippen molar-refractivity contribution < 1.29 is 58.2 Å². The molecule has 2 saturated heterocycles. The fourth-order valence-corrected chi connectivity index (χ4v) is 12.3. The lowest BCUT2D eigenvalue weighted by Gasteiger charge is -2.37. The highest BCUT2D eigenvalue weighted by molar-refractivity contribution is 7.99. The van der Waals surface area contributed by atoms with Gasteiger partial charge in [-0.3, -0.25) is 4.72 Å². The van der Waals surface area contributed by atoms with Crippen LogP contribution in [-0.4, -0.2) is 112 Å². The van der Waals surface area contributed by atoms with Gasteiger partial charge in [0.2, 0.25) is 0 Å². The molecule has 4 N–H and O–H groups in total. The summed E-state index contributed by atoms with van der Waals surface area (Å²) in [7, 11) is -9.19. The molecule has 3 heterocycles. The van der Waals surface area contributed by atoms with Crippen molar-refractivity contribution in [3.8, 4) is 22.4 Å². The molecule has 22 heteroatoms. The fraction of sp³-hybridized carbons (Fsp3) is 0.314. The van der Waals surface area contributed by atoms with Crippen molar-refractivity contribution in [3.05, 3.63) is 138 Å². The van der Waals surface area contributed by atoms with Crippen LogP contribution in [0, 0.1) is 24.4 Å². The maximum Gasteiger partial charge on any atom is 0.501 e. The van der Waals surface area contributed by atoms with Crippen LogP contribution < -0.4 is 19.8 Å². The number of thioether (sulfide) groups is 1. The summed E-state index contributed by atoms with van der Waals surface area (Å²) in [6, 6.07) is 24.8. The van der Waals surface area contributed by atoms with E-state index in [1.54, 1.807) is 24.1 Å². The first kappa shape index (κ1) is 53.1. The predicted octanol–water partition coefficient (Wildman–Crippen LogP) is 9.62. The molecule has 1 atom stereocenters. The number of halogens is 6. The Morgan fingerprint density at radius 1 is 0.808 bits per heavy atom. The van der Waals surface area contributed by atoms with Gasteiger partial charge in [0, 0.05) is 92.2 Å². The van der Waals surface area contributed by atoms with Crippen molar-refractivity contribution in [2.45, 2.75) is 58.5 Å². The average molecular weight is 1070 g/mol. The molecule has 0 unspecified atom stereocenters. The quantitative estimate of drug-likeness (QED) is 0.0506. The number of rotatable bonds is 17. The monoisotopic (exact) mass is 1070 g/mol. The van der Waals surface area contributed by atoms with Crippen molar-refractivity contribution in [3.63, 3.8) is 0 Å². The van der Waals surface area contributed by atoms with Gasteiger partial charge in [-0.25, -0.2) is 34.8 Å². The third-order valence-corrected chi connectivity index (χ3v) is 17.3. The lowest BCUT2D eigenvalue weighted by molar-refractivity contribution is -0.0436. The van der Waals surface area contributed by atoms with E-state index in [0.29, 0.717) is 75.1 Å². The van der Waals surface area contributed by atoms with Crippen LogP contribution in [0.25, 0.3) is 22.4 Å². The SMILES string of the molecule is Cc1c(C(=O)O)c(-c2c(F)ccc(N3CCN(c4ccc(NS(=O)(=O)c5ccc(N[C@H](CCN6CCC(O)CC6)CSc6ccccc6)c(S(=O)(=O)C(F)(F)F)c5)cc4)CC3)c2F)c(-c2ccc(F)cc2)n1C. The fourth-order valence-electron chi connectivity index (χ4n) is 9.18. The number of aromatic carboxylic acids is 1. The maximum absolute atomic E-state index is 16.7. The molecule has 388 valence electrons. The molecule has 0 aliphatic carbocycles. The highest BCUT2D eigenvalue weighted by Crippen LogP contribution is 2.44. The number of nitrogens with one attached hydrogen (secondary N) is 2. The Balaban J connectivity index is 0.980. The molecule has 13 nitrogen and oxygen atoms in total. The van der Waals surface area contributed by atoms with Crippen LogP contribution in [0.4, 0.5) is 49.1 Å². The van der Waals surface area contributed by atoms with E-state index in [4.69, 9.17) is 0 Å². The number of likely N-dealkylation sites (tertiary alicyclic amines) is 1. The third-order valence-electron chi connectivity index (χ3n) is 13.2. The maximum atomic E-state index is 16.7. The van der Waals surface area contributed by atoms with Gasteiger partial charge in [-0.2, -0.15) is 13.2 Å². The van der Waals surface area contributed by atoms with Crippen molar-refractivity contribution in [1.29, 1.82) is 0 Å². The molecule has 0 radical (unpaired) electrons. The number of aliphatic hydroxyl groups excluding tert-OH is 1. The summed E-state index contributed by atoms with van der Waals surface area (Å²) >= 11 is 1.42. The van der Waals surface area contributed by atoms with E-state index in [2.05, 4.69) is 14.9 Å². The minimum Gasteiger partial charge on any atom is -0.478 e. The van der Waals surface area contributed by atoms with Crippen LogP contribution in [0.15, 0.2) is 124 Å². The van der Waals surface area contributed by atoms with Crippen molar-refractivity contribution in [2.75, 3.05) is 71.4 Å². The number of benzene rings is 5. The van der Waals surface area contributed by atoms with Crippen molar-refractivity contribution in [2.24, 2.45) is 7.05 Å². The predicted molar refractivity (Wildman–Crippen MR) is 270 cm³/mol. The number of alkyl halides is 3. The molecule has 2 aliphatic rings. The number of carbonyl (C=O) groups is 1. The van der Waals surface area contributed by atoms with Crippen LogP contribution in [0.2, 0.25) is 0 Å². The van der Waals surface area contributed by atoms with E-state index in [1.165, 1.54) is 65.7 Å². The number of piperidine rings is 1. The number of piperazine rings is 1. The largest absolute Gasteiger partial charge is 0.501 e. The van der Waals surface area contributed by atoms with E-state index in [-0.39, 0.29) is 47.0 Å². The Kier molecular flexibility index (Phi) is 15.8. The molecule has 1 aromatic heterocycles. The summed E-state index contributed by atoms with van der Waals surface area (Å²) in [5.41, 5.74) is -5.78. The minimum absolute atomic E-state index is 0.0193. The molecule has 8 rings (SSSR count). The lowest BCUT2D eigenvalue weighted by atomic mass is 9.95. The summed E-state index contributed by atoms with van der Waals surface area (Å²) in [6.07, 6.45) is 1.13. The molecule has 0 spiro atoms. The molecule has 0 amide bonds. The molecule has 5 aromatic carbocycles. The Bertz CT molecular complexity index is 3180. The van der Waals surface area contributed by atoms with E-state index >= 15 is 8.78 Å².